The number of carbonyl (C=O) groups excluding carboxylic acids is 1. The van der Waals surface area contributed by atoms with Crippen LogP contribution in [0.1, 0.15) is 12.0 Å². The van der Waals surface area contributed by atoms with Crippen LogP contribution in [0.5, 0.6) is 5.75 Å². The Labute approximate surface area is 118 Å². The van der Waals surface area contributed by atoms with E-state index >= 15 is 0 Å². The molecule has 1 heterocycles. The Morgan fingerprint density at radius 2 is 2.20 bits per heavy atom. The lowest BCUT2D eigenvalue weighted by Crippen LogP contribution is -2.43. The van der Waals surface area contributed by atoms with Gasteiger partial charge in [0.1, 0.15) is 5.75 Å². The second-order valence-corrected chi connectivity index (χ2v) is 7.15. The van der Waals surface area contributed by atoms with Gasteiger partial charge in [-0.3, -0.25) is 0 Å². The second-order valence-electron chi connectivity index (χ2n) is 4.92. The summed E-state index contributed by atoms with van der Waals surface area (Å²) < 4.78 is 22.5. The lowest BCUT2D eigenvalue weighted by Gasteiger charge is -2.12. The topological polar surface area (TPSA) is 95.5 Å². The molecule has 3 N–H and O–H groups in total. The van der Waals surface area contributed by atoms with Gasteiger partial charge in [0, 0.05) is 12.6 Å². The molecule has 0 spiro atoms. The Kier molecular flexibility index (Phi) is 4.49. The van der Waals surface area contributed by atoms with Gasteiger partial charge in [-0.05, 0) is 30.5 Å². The number of aromatic hydroxyl groups is 1. The zero-order valence-corrected chi connectivity index (χ0v) is 11.8. The van der Waals surface area contributed by atoms with E-state index in [4.69, 9.17) is 0 Å². The van der Waals surface area contributed by atoms with Gasteiger partial charge in [0.2, 0.25) is 0 Å². The Balaban J connectivity index is 1.71. The first-order chi connectivity index (χ1) is 9.44. The third kappa shape index (κ3) is 4.41. The molecule has 0 aliphatic carbocycles. The molecule has 0 saturated carbocycles. The van der Waals surface area contributed by atoms with E-state index in [0.29, 0.717) is 19.4 Å². The predicted octanol–water partition coefficient (Wildman–Crippen LogP) is 0.421. The van der Waals surface area contributed by atoms with Crippen LogP contribution in [0.25, 0.3) is 0 Å². The average molecular weight is 298 g/mol. The van der Waals surface area contributed by atoms with Gasteiger partial charge in [0.15, 0.2) is 9.84 Å². The van der Waals surface area contributed by atoms with Crippen LogP contribution in [-0.4, -0.2) is 43.6 Å². The molecule has 110 valence electrons. The standard InChI is InChI=1S/C13H18N2O4S/c16-12-3-1-2-10(8-12)4-6-14-13(17)15-11-5-7-20(18,19)9-11/h1-3,8,11,16H,4-7,9H2,(H2,14,15,17)/t11-/m1/s1. The lowest BCUT2D eigenvalue weighted by molar-refractivity contribution is 0.238. The number of urea groups is 1. The maximum Gasteiger partial charge on any atom is 0.315 e. The molecule has 0 aromatic heterocycles. The maximum atomic E-state index is 11.6. The Morgan fingerprint density at radius 1 is 1.40 bits per heavy atom. The molecule has 1 aromatic carbocycles. The summed E-state index contributed by atoms with van der Waals surface area (Å²) in [5.41, 5.74) is 0.925. The SMILES string of the molecule is O=C(NCCc1cccc(O)c1)N[C@@H]1CCS(=O)(=O)C1. The molecule has 2 rings (SSSR count). The fraction of sp³-hybridized carbons (Fsp3) is 0.462. The zero-order valence-electron chi connectivity index (χ0n) is 11.0. The molecular weight excluding hydrogens is 280 g/mol. The van der Waals surface area contributed by atoms with E-state index in [1.165, 1.54) is 0 Å². The molecule has 1 saturated heterocycles. The molecule has 1 fully saturated rings. The molecule has 1 atom stereocenters. The van der Waals surface area contributed by atoms with Gasteiger partial charge in [0.25, 0.3) is 0 Å². The van der Waals surface area contributed by atoms with Gasteiger partial charge in [-0.25, -0.2) is 13.2 Å². The number of benzene rings is 1. The second kappa shape index (κ2) is 6.13. The van der Waals surface area contributed by atoms with Gasteiger partial charge in [0.05, 0.1) is 11.5 Å². The van der Waals surface area contributed by atoms with Crippen LogP contribution in [0.3, 0.4) is 0 Å². The number of rotatable bonds is 4. The summed E-state index contributed by atoms with van der Waals surface area (Å²) in [6.07, 6.45) is 1.08. The fourth-order valence-electron chi connectivity index (χ4n) is 2.18. The van der Waals surface area contributed by atoms with Crippen molar-refractivity contribution in [2.45, 2.75) is 18.9 Å². The van der Waals surface area contributed by atoms with E-state index < -0.39 is 9.84 Å². The van der Waals surface area contributed by atoms with Crippen LogP contribution >= 0.6 is 0 Å². The first kappa shape index (κ1) is 14.6. The lowest BCUT2D eigenvalue weighted by atomic mass is 10.1. The minimum Gasteiger partial charge on any atom is -0.508 e. The Morgan fingerprint density at radius 3 is 2.85 bits per heavy atom. The van der Waals surface area contributed by atoms with Gasteiger partial charge in [-0.15, -0.1) is 0 Å². The smallest absolute Gasteiger partial charge is 0.315 e. The highest BCUT2D eigenvalue weighted by atomic mass is 32.2. The zero-order chi connectivity index (χ0) is 14.6. The van der Waals surface area contributed by atoms with Crippen LogP contribution in [0.2, 0.25) is 0 Å². The first-order valence-electron chi connectivity index (χ1n) is 6.47. The molecule has 1 aliphatic heterocycles. The number of hydrogen-bond donors (Lipinski definition) is 3. The number of sulfone groups is 1. The summed E-state index contributed by atoms with van der Waals surface area (Å²) in [6, 6.07) is 6.19. The number of phenolic OH excluding ortho intramolecular Hbond substituents is 1. The molecule has 1 aromatic rings. The third-order valence-corrected chi connectivity index (χ3v) is 4.95. The molecule has 2 amide bonds. The molecule has 0 bridgehead atoms. The van der Waals surface area contributed by atoms with Crippen LogP contribution in [0.15, 0.2) is 24.3 Å². The van der Waals surface area contributed by atoms with Crippen molar-refractivity contribution in [2.75, 3.05) is 18.1 Å². The van der Waals surface area contributed by atoms with Crippen LogP contribution in [0, 0.1) is 0 Å². The minimum atomic E-state index is -2.98. The van der Waals surface area contributed by atoms with Gasteiger partial charge < -0.3 is 15.7 Å². The number of hydrogen-bond acceptors (Lipinski definition) is 4. The van der Waals surface area contributed by atoms with E-state index in [0.717, 1.165) is 5.56 Å². The molecule has 6 nitrogen and oxygen atoms in total. The summed E-state index contributed by atoms with van der Waals surface area (Å²) in [5, 5.41) is 14.6. The molecular formula is C13H18N2O4S. The number of phenols is 1. The number of carbonyl (C=O) groups is 1. The van der Waals surface area contributed by atoms with E-state index in [-0.39, 0.29) is 29.3 Å². The van der Waals surface area contributed by atoms with E-state index in [2.05, 4.69) is 10.6 Å². The maximum absolute atomic E-state index is 11.6. The average Bonchev–Trinajstić information content (AvgIpc) is 2.68. The van der Waals surface area contributed by atoms with Crippen molar-refractivity contribution in [3.63, 3.8) is 0 Å². The predicted molar refractivity (Wildman–Crippen MR) is 75.4 cm³/mol. The highest BCUT2D eigenvalue weighted by Crippen LogP contribution is 2.11. The molecule has 0 radical (unpaired) electrons. The van der Waals surface area contributed by atoms with Crippen molar-refractivity contribution in [1.82, 2.24) is 10.6 Å². The third-order valence-electron chi connectivity index (χ3n) is 3.18. The summed E-state index contributed by atoms with van der Waals surface area (Å²) in [4.78, 5) is 11.6. The van der Waals surface area contributed by atoms with Gasteiger partial charge >= 0.3 is 6.03 Å². The summed E-state index contributed by atoms with van der Waals surface area (Å²) >= 11 is 0. The molecule has 1 aliphatic rings. The molecule has 0 unspecified atom stereocenters. The Bertz CT molecular complexity index is 586. The summed E-state index contributed by atoms with van der Waals surface area (Å²) in [5.74, 6) is 0.358. The fourth-order valence-corrected chi connectivity index (χ4v) is 3.85. The van der Waals surface area contributed by atoms with Crippen molar-refractivity contribution in [3.8, 4) is 5.75 Å². The van der Waals surface area contributed by atoms with Crippen molar-refractivity contribution < 1.29 is 18.3 Å². The highest BCUT2D eigenvalue weighted by Gasteiger charge is 2.28. The monoisotopic (exact) mass is 298 g/mol. The van der Waals surface area contributed by atoms with Crippen molar-refractivity contribution >= 4 is 15.9 Å². The van der Waals surface area contributed by atoms with Crippen LogP contribution in [-0.2, 0) is 16.3 Å². The molecule has 20 heavy (non-hydrogen) atoms. The molecule has 7 heteroatoms. The van der Waals surface area contributed by atoms with E-state index in [1.807, 2.05) is 6.07 Å². The Hall–Kier alpha value is -1.76. The van der Waals surface area contributed by atoms with E-state index in [9.17, 15) is 18.3 Å². The summed E-state index contributed by atoms with van der Waals surface area (Å²) in [7, 11) is -2.98. The van der Waals surface area contributed by atoms with Gasteiger partial charge in [-0.2, -0.15) is 0 Å². The minimum absolute atomic E-state index is 0.0208. The van der Waals surface area contributed by atoms with Crippen molar-refractivity contribution in [3.05, 3.63) is 29.8 Å². The normalized spacial score (nSPS) is 20.5. The number of nitrogens with one attached hydrogen (secondary N) is 2. The van der Waals surface area contributed by atoms with Crippen molar-refractivity contribution in [2.24, 2.45) is 0 Å². The summed E-state index contributed by atoms with van der Waals surface area (Å²) in [6.45, 7) is 0.425. The number of amides is 2. The van der Waals surface area contributed by atoms with Crippen molar-refractivity contribution in [1.29, 1.82) is 0 Å². The van der Waals surface area contributed by atoms with Crippen LogP contribution in [0.4, 0.5) is 4.79 Å². The van der Waals surface area contributed by atoms with Crippen LogP contribution < -0.4 is 10.6 Å². The largest absolute Gasteiger partial charge is 0.508 e. The quantitative estimate of drug-likeness (QED) is 0.751. The van der Waals surface area contributed by atoms with Gasteiger partial charge in [-0.1, -0.05) is 12.1 Å². The van der Waals surface area contributed by atoms with E-state index in [1.54, 1.807) is 18.2 Å². The first-order valence-corrected chi connectivity index (χ1v) is 8.29. The highest BCUT2D eigenvalue weighted by molar-refractivity contribution is 7.91.